The zero-order valence-corrected chi connectivity index (χ0v) is 10.8. The van der Waals surface area contributed by atoms with Gasteiger partial charge in [-0.15, -0.1) is 0 Å². The SMILES string of the molecule is O=C(Nc1cn2c(CO)cc(Br)cc2n1)C(F)(F)F. The molecule has 0 aliphatic heterocycles. The van der Waals surface area contributed by atoms with E-state index in [1.54, 1.807) is 17.4 Å². The van der Waals surface area contributed by atoms with Gasteiger partial charge in [-0.2, -0.15) is 13.2 Å². The Balaban J connectivity index is 2.39. The number of alkyl halides is 3. The summed E-state index contributed by atoms with van der Waals surface area (Å²) in [6, 6.07) is 3.13. The van der Waals surface area contributed by atoms with Crippen LogP contribution in [0, 0.1) is 0 Å². The van der Waals surface area contributed by atoms with Gasteiger partial charge in [0, 0.05) is 4.47 Å². The number of hydrogen-bond donors (Lipinski definition) is 2. The lowest BCUT2D eigenvalue weighted by Crippen LogP contribution is -2.30. The molecule has 1 amide bonds. The topological polar surface area (TPSA) is 66.6 Å². The van der Waals surface area contributed by atoms with Gasteiger partial charge in [-0.05, 0) is 12.1 Å². The molecule has 0 aliphatic carbocycles. The number of hydrogen-bond acceptors (Lipinski definition) is 3. The number of aromatic nitrogens is 2. The Kier molecular flexibility index (Phi) is 3.50. The third kappa shape index (κ3) is 2.87. The van der Waals surface area contributed by atoms with E-state index in [0.717, 1.165) is 0 Å². The molecule has 0 radical (unpaired) electrons. The highest BCUT2D eigenvalue weighted by Gasteiger charge is 2.39. The number of aliphatic hydroxyl groups excluding tert-OH is 1. The number of amides is 1. The normalized spacial score (nSPS) is 11.8. The van der Waals surface area contributed by atoms with Gasteiger partial charge in [0.25, 0.3) is 0 Å². The van der Waals surface area contributed by atoms with Crippen molar-refractivity contribution in [1.29, 1.82) is 0 Å². The van der Waals surface area contributed by atoms with Crippen molar-refractivity contribution >= 4 is 33.3 Å². The van der Waals surface area contributed by atoms with E-state index in [4.69, 9.17) is 5.11 Å². The minimum atomic E-state index is -4.98. The molecule has 19 heavy (non-hydrogen) atoms. The molecule has 2 heterocycles. The Morgan fingerprint density at radius 3 is 2.74 bits per heavy atom. The molecule has 0 aromatic carbocycles. The summed E-state index contributed by atoms with van der Waals surface area (Å²) in [6.07, 6.45) is -3.77. The summed E-state index contributed by atoms with van der Waals surface area (Å²) in [7, 11) is 0. The molecule has 2 N–H and O–H groups in total. The van der Waals surface area contributed by atoms with Crippen molar-refractivity contribution in [2.24, 2.45) is 0 Å². The van der Waals surface area contributed by atoms with Crippen molar-refractivity contribution in [1.82, 2.24) is 9.38 Å². The minimum Gasteiger partial charge on any atom is -0.390 e. The van der Waals surface area contributed by atoms with E-state index < -0.39 is 12.1 Å². The van der Waals surface area contributed by atoms with E-state index in [1.165, 1.54) is 10.6 Å². The molecule has 0 aliphatic rings. The summed E-state index contributed by atoms with van der Waals surface area (Å²) >= 11 is 3.18. The first kappa shape index (κ1) is 13.8. The quantitative estimate of drug-likeness (QED) is 0.881. The number of halogens is 4. The van der Waals surface area contributed by atoms with Gasteiger partial charge in [-0.25, -0.2) is 4.98 Å². The van der Waals surface area contributed by atoms with Gasteiger partial charge in [0.2, 0.25) is 0 Å². The van der Waals surface area contributed by atoms with Crippen molar-refractivity contribution in [2.75, 3.05) is 5.32 Å². The first-order chi connectivity index (χ1) is 8.81. The molecule has 0 saturated heterocycles. The van der Waals surface area contributed by atoms with Crippen LogP contribution >= 0.6 is 15.9 Å². The summed E-state index contributed by atoms with van der Waals surface area (Å²) in [6.45, 7) is -0.320. The van der Waals surface area contributed by atoms with Crippen molar-refractivity contribution < 1.29 is 23.1 Å². The molecule has 2 rings (SSSR count). The number of aliphatic hydroxyl groups is 1. The first-order valence-corrected chi connectivity index (χ1v) is 5.77. The number of pyridine rings is 1. The first-order valence-electron chi connectivity index (χ1n) is 4.98. The van der Waals surface area contributed by atoms with Gasteiger partial charge in [0.05, 0.1) is 18.5 Å². The molecule has 2 aromatic heterocycles. The summed E-state index contributed by atoms with van der Waals surface area (Å²) in [5.41, 5.74) is 0.722. The fourth-order valence-electron chi connectivity index (χ4n) is 1.49. The van der Waals surface area contributed by atoms with Crippen LogP contribution in [0.1, 0.15) is 5.69 Å². The van der Waals surface area contributed by atoms with Gasteiger partial charge >= 0.3 is 12.1 Å². The Morgan fingerprint density at radius 1 is 1.47 bits per heavy atom. The van der Waals surface area contributed by atoms with Gasteiger partial charge in [0.15, 0.2) is 5.82 Å². The maximum atomic E-state index is 12.1. The Hall–Kier alpha value is -1.61. The summed E-state index contributed by atoms with van der Waals surface area (Å²) in [4.78, 5) is 14.6. The van der Waals surface area contributed by atoms with Crippen LogP contribution < -0.4 is 5.32 Å². The molecule has 0 unspecified atom stereocenters. The molecule has 0 spiro atoms. The van der Waals surface area contributed by atoms with E-state index in [9.17, 15) is 18.0 Å². The number of carbonyl (C=O) groups excluding carboxylic acids is 1. The highest BCUT2D eigenvalue weighted by Crippen LogP contribution is 2.21. The average Bonchev–Trinajstić information content (AvgIpc) is 2.68. The van der Waals surface area contributed by atoms with E-state index in [-0.39, 0.29) is 12.4 Å². The molecular weight excluding hydrogens is 331 g/mol. The second kappa shape index (κ2) is 4.82. The molecule has 2 aromatic rings. The maximum absolute atomic E-state index is 12.1. The lowest BCUT2D eigenvalue weighted by molar-refractivity contribution is -0.167. The Bertz CT molecular complexity index is 639. The lowest BCUT2D eigenvalue weighted by atomic mass is 10.3. The van der Waals surface area contributed by atoms with Gasteiger partial charge in [-0.1, -0.05) is 15.9 Å². The predicted octanol–water partition coefficient (Wildman–Crippen LogP) is 2.09. The van der Waals surface area contributed by atoms with Crippen LogP contribution in [0.15, 0.2) is 22.8 Å². The molecule has 0 saturated carbocycles. The summed E-state index contributed by atoms with van der Waals surface area (Å²) < 4.78 is 38.3. The standard InChI is InChI=1S/C10H7BrF3N3O2/c11-5-1-6(4-18)17-3-7(15-8(17)2-5)16-9(19)10(12,13)14/h1-3,18H,4H2,(H,16,19). The Morgan fingerprint density at radius 2 is 2.16 bits per heavy atom. The molecular formula is C10H7BrF3N3O2. The Labute approximate surface area is 113 Å². The third-order valence-corrected chi connectivity index (χ3v) is 2.73. The fourth-order valence-corrected chi connectivity index (χ4v) is 1.96. The highest BCUT2D eigenvalue weighted by molar-refractivity contribution is 9.10. The maximum Gasteiger partial charge on any atom is 0.471 e. The fraction of sp³-hybridized carbons (Fsp3) is 0.200. The van der Waals surface area contributed by atoms with Crippen molar-refractivity contribution in [3.05, 3.63) is 28.5 Å². The van der Waals surface area contributed by atoms with Crippen LogP contribution in [-0.2, 0) is 11.4 Å². The van der Waals surface area contributed by atoms with Crippen molar-refractivity contribution in [3.63, 3.8) is 0 Å². The van der Waals surface area contributed by atoms with E-state index >= 15 is 0 Å². The van der Waals surface area contributed by atoms with E-state index in [2.05, 4.69) is 20.9 Å². The van der Waals surface area contributed by atoms with Crippen LogP contribution in [0.25, 0.3) is 5.65 Å². The van der Waals surface area contributed by atoms with Crippen LogP contribution in [0.3, 0.4) is 0 Å². The van der Waals surface area contributed by atoms with Gasteiger partial charge in [0.1, 0.15) is 5.65 Å². The zero-order chi connectivity index (χ0) is 14.2. The highest BCUT2D eigenvalue weighted by atomic mass is 79.9. The molecule has 0 atom stereocenters. The molecule has 5 nitrogen and oxygen atoms in total. The number of anilines is 1. The van der Waals surface area contributed by atoms with Crippen LogP contribution in [0.2, 0.25) is 0 Å². The monoisotopic (exact) mass is 337 g/mol. The summed E-state index contributed by atoms with van der Waals surface area (Å²) in [5, 5.41) is 10.8. The predicted molar refractivity (Wildman–Crippen MR) is 63.5 cm³/mol. The molecule has 0 bridgehead atoms. The lowest BCUT2D eigenvalue weighted by Gasteiger charge is -2.04. The van der Waals surface area contributed by atoms with Crippen LogP contribution in [0.5, 0.6) is 0 Å². The number of nitrogens with zero attached hydrogens (tertiary/aromatic N) is 2. The van der Waals surface area contributed by atoms with Gasteiger partial charge in [-0.3, -0.25) is 9.20 Å². The minimum absolute atomic E-state index is 0.241. The largest absolute Gasteiger partial charge is 0.471 e. The number of rotatable bonds is 2. The zero-order valence-electron chi connectivity index (χ0n) is 9.20. The van der Waals surface area contributed by atoms with Crippen LogP contribution in [0.4, 0.5) is 19.0 Å². The number of nitrogens with one attached hydrogen (secondary N) is 1. The number of carbonyl (C=O) groups is 1. The molecule has 102 valence electrons. The average molecular weight is 338 g/mol. The molecule has 9 heteroatoms. The van der Waals surface area contributed by atoms with E-state index in [1.807, 2.05) is 0 Å². The number of imidazole rings is 1. The number of fused-ring (bicyclic) bond motifs is 1. The second-order valence-corrected chi connectivity index (χ2v) is 4.54. The second-order valence-electron chi connectivity index (χ2n) is 3.63. The van der Waals surface area contributed by atoms with Crippen molar-refractivity contribution in [2.45, 2.75) is 12.8 Å². The third-order valence-electron chi connectivity index (χ3n) is 2.28. The van der Waals surface area contributed by atoms with Crippen LogP contribution in [-0.4, -0.2) is 26.6 Å². The molecule has 0 fully saturated rings. The smallest absolute Gasteiger partial charge is 0.390 e. The van der Waals surface area contributed by atoms with Crippen molar-refractivity contribution in [3.8, 4) is 0 Å². The van der Waals surface area contributed by atoms with Gasteiger partial charge < -0.3 is 10.4 Å². The van der Waals surface area contributed by atoms with E-state index in [0.29, 0.717) is 15.8 Å². The summed E-state index contributed by atoms with van der Waals surface area (Å²) in [5.74, 6) is -2.34.